The van der Waals surface area contributed by atoms with Gasteiger partial charge in [0.25, 0.3) is 5.24 Å². The largest absolute Gasteiger partial charge is 0.275 e. The Labute approximate surface area is 82.7 Å². The van der Waals surface area contributed by atoms with Gasteiger partial charge in [-0.3, -0.25) is 4.79 Å². The van der Waals surface area contributed by atoms with Crippen molar-refractivity contribution in [2.45, 2.75) is 6.92 Å². The lowest BCUT2D eigenvalue weighted by atomic mass is 10.1. The Morgan fingerprint density at radius 1 is 1.58 bits per heavy atom. The quantitative estimate of drug-likeness (QED) is 0.700. The number of aryl methyl sites for hydroxylation is 1. The fourth-order valence-electron chi connectivity index (χ4n) is 0.798. The summed E-state index contributed by atoms with van der Waals surface area (Å²) in [4.78, 5) is 10.6. The molecule has 0 saturated carbocycles. The lowest BCUT2D eigenvalue weighted by molar-refractivity contribution is 0.107. The van der Waals surface area contributed by atoms with E-state index in [9.17, 15) is 9.18 Å². The molecule has 0 unspecified atom stereocenters. The van der Waals surface area contributed by atoms with Crippen LogP contribution >= 0.6 is 27.5 Å². The van der Waals surface area contributed by atoms with Crippen molar-refractivity contribution in [3.63, 3.8) is 0 Å². The zero-order chi connectivity index (χ0) is 9.30. The van der Waals surface area contributed by atoms with Gasteiger partial charge in [-0.15, -0.1) is 0 Å². The van der Waals surface area contributed by atoms with Crippen molar-refractivity contribution in [2.75, 3.05) is 0 Å². The van der Waals surface area contributed by atoms with Crippen molar-refractivity contribution in [1.82, 2.24) is 0 Å². The summed E-state index contributed by atoms with van der Waals surface area (Å²) in [6.45, 7) is 1.73. The average molecular weight is 251 g/mol. The maximum absolute atomic E-state index is 13.2. The molecule has 0 bridgehead atoms. The Balaban J connectivity index is 3.36. The SMILES string of the molecule is Cc1ccc(C(=O)Cl)c(F)c1Br. The van der Waals surface area contributed by atoms with Crippen LogP contribution in [0.5, 0.6) is 0 Å². The normalized spacial score (nSPS) is 10.0. The Morgan fingerprint density at radius 3 is 2.67 bits per heavy atom. The number of carbonyl (C=O) groups is 1. The van der Waals surface area contributed by atoms with Gasteiger partial charge in [-0.25, -0.2) is 4.39 Å². The summed E-state index contributed by atoms with van der Waals surface area (Å²) >= 11 is 8.15. The smallest absolute Gasteiger partial charge is 0.255 e. The lowest BCUT2D eigenvalue weighted by Crippen LogP contribution is -1.96. The van der Waals surface area contributed by atoms with Gasteiger partial charge in [0.15, 0.2) is 0 Å². The molecule has 4 heteroatoms. The summed E-state index contributed by atoms with van der Waals surface area (Å²) < 4.78 is 13.4. The number of benzene rings is 1. The Morgan fingerprint density at radius 2 is 2.17 bits per heavy atom. The highest BCUT2D eigenvalue weighted by molar-refractivity contribution is 9.10. The predicted molar refractivity (Wildman–Crippen MR) is 49.0 cm³/mol. The first-order valence-electron chi connectivity index (χ1n) is 3.18. The molecule has 1 aromatic rings. The Bertz CT molecular complexity index is 338. The second-order valence-corrected chi connectivity index (χ2v) is 3.47. The van der Waals surface area contributed by atoms with Crippen molar-refractivity contribution in [1.29, 1.82) is 0 Å². The fourth-order valence-corrected chi connectivity index (χ4v) is 1.29. The van der Waals surface area contributed by atoms with Crippen LogP contribution in [-0.2, 0) is 0 Å². The van der Waals surface area contributed by atoms with Crippen LogP contribution in [0.1, 0.15) is 15.9 Å². The van der Waals surface area contributed by atoms with Crippen molar-refractivity contribution in [3.8, 4) is 0 Å². The van der Waals surface area contributed by atoms with Crippen LogP contribution in [0.15, 0.2) is 16.6 Å². The third-order valence-electron chi connectivity index (χ3n) is 1.49. The van der Waals surface area contributed by atoms with Gasteiger partial charge < -0.3 is 0 Å². The van der Waals surface area contributed by atoms with Gasteiger partial charge in [-0.1, -0.05) is 6.07 Å². The van der Waals surface area contributed by atoms with E-state index < -0.39 is 11.1 Å². The summed E-state index contributed by atoms with van der Waals surface area (Å²) in [5, 5.41) is -0.784. The van der Waals surface area contributed by atoms with Gasteiger partial charge in [-0.2, -0.15) is 0 Å². The van der Waals surface area contributed by atoms with Gasteiger partial charge in [0, 0.05) is 0 Å². The summed E-state index contributed by atoms with van der Waals surface area (Å²) in [5.41, 5.74) is 0.628. The van der Waals surface area contributed by atoms with E-state index in [2.05, 4.69) is 15.9 Å². The molecule has 0 amide bonds. The van der Waals surface area contributed by atoms with E-state index in [1.807, 2.05) is 0 Å². The first-order chi connectivity index (χ1) is 5.54. The molecular formula is C8H5BrClFO. The van der Waals surface area contributed by atoms with E-state index in [1.54, 1.807) is 13.0 Å². The highest BCUT2D eigenvalue weighted by atomic mass is 79.9. The molecule has 0 aromatic heterocycles. The van der Waals surface area contributed by atoms with E-state index in [1.165, 1.54) is 6.07 Å². The molecule has 64 valence electrons. The van der Waals surface area contributed by atoms with Gasteiger partial charge in [0.2, 0.25) is 0 Å². The van der Waals surface area contributed by atoms with E-state index in [4.69, 9.17) is 11.6 Å². The standard InChI is InChI=1S/C8H5BrClFO/c1-4-2-3-5(8(10)12)7(11)6(4)9/h2-3H,1H3. The minimum absolute atomic E-state index is 0.103. The molecule has 0 atom stereocenters. The zero-order valence-electron chi connectivity index (χ0n) is 6.20. The Hall–Kier alpha value is -0.410. The van der Waals surface area contributed by atoms with E-state index in [-0.39, 0.29) is 10.0 Å². The zero-order valence-corrected chi connectivity index (χ0v) is 8.54. The highest BCUT2D eigenvalue weighted by Gasteiger charge is 2.12. The predicted octanol–water partition coefficient (Wildman–Crippen LogP) is 3.28. The second-order valence-electron chi connectivity index (χ2n) is 2.33. The minimum Gasteiger partial charge on any atom is -0.275 e. The summed E-state index contributed by atoms with van der Waals surface area (Å²) in [5.74, 6) is -0.602. The van der Waals surface area contributed by atoms with Gasteiger partial charge in [0.05, 0.1) is 10.0 Å². The second kappa shape index (κ2) is 3.54. The van der Waals surface area contributed by atoms with Crippen molar-refractivity contribution in [2.24, 2.45) is 0 Å². The topological polar surface area (TPSA) is 17.1 Å². The minimum atomic E-state index is -0.784. The first kappa shape index (κ1) is 9.68. The summed E-state index contributed by atoms with van der Waals surface area (Å²) in [6.07, 6.45) is 0. The average Bonchev–Trinajstić information content (AvgIpc) is 2.00. The molecule has 1 rings (SSSR count). The van der Waals surface area contributed by atoms with Crippen LogP contribution in [0.4, 0.5) is 4.39 Å². The third-order valence-corrected chi connectivity index (χ3v) is 2.66. The van der Waals surface area contributed by atoms with E-state index in [0.717, 1.165) is 5.56 Å². The van der Waals surface area contributed by atoms with Crippen LogP contribution in [-0.4, -0.2) is 5.24 Å². The number of carbonyl (C=O) groups excluding carboxylic acids is 1. The molecule has 0 aliphatic carbocycles. The van der Waals surface area contributed by atoms with Gasteiger partial charge >= 0.3 is 0 Å². The number of hydrogen-bond acceptors (Lipinski definition) is 1. The van der Waals surface area contributed by atoms with Crippen LogP contribution in [0.2, 0.25) is 0 Å². The molecule has 0 saturated heterocycles. The molecule has 0 fully saturated rings. The lowest BCUT2D eigenvalue weighted by Gasteiger charge is -2.02. The number of halogens is 3. The van der Waals surface area contributed by atoms with E-state index >= 15 is 0 Å². The van der Waals surface area contributed by atoms with E-state index in [0.29, 0.717) is 0 Å². The molecule has 0 aliphatic heterocycles. The Kier molecular flexibility index (Phi) is 2.85. The molecule has 0 spiro atoms. The summed E-state index contributed by atoms with van der Waals surface area (Å²) in [6, 6.07) is 2.99. The number of rotatable bonds is 1. The maximum Gasteiger partial charge on any atom is 0.255 e. The fraction of sp³-hybridized carbons (Fsp3) is 0.125. The molecule has 0 N–H and O–H groups in total. The summed E-state index contributed by atoms with van der Waals surface area (Å²) in [7, 11) is 0. The monoisotopic (exact) mass is 250 g/mol. The van der Waals surface area contributed by atoms with Crippen LogP contribution in [0.25, 0.3) is 0 Å². The molecular weight excluding hydrogens is 246 g/mol. The molecule has 1 nitrogen and oxygen atoms in total. The van der Waals surface area contributed by atoms with Gasteiger partial charge in [0.1, 0.15) is 5.82 Å². The molecule has 12 heavy (non-hydrogen) atoms. The van der Waals surface area contributed by atoms with Crippen molar-refractivity contribution in [3.05, 3.63) is 33.5 Å². The van der Waals surface area contributed by atoms with Crippen molar-refractivity contribution < 1.29 is 9.18 Å². The van der Waals surface area contributed by atoms with Crippen LogP contribution in [0, 0.1) is 12.7 Å². The highest BCUT2D eigenvalue weighted by Crippen LogP contribution is 2.23. The first-order valence-corrected chi connectivity index (χ1v) is 4.35. The van der Waals surface area contributed by atoms with Crippen LogP contribution in [0.3, 0.4) is 0 Å². The third kappa shape index (κ3) is 1.67. The molecule has 0 heterocycles. The van der Waals surface area contributed by atoms with Gasteiger partial charge in [-0.05, 0) is 46.1 Å². The molecule has 0 radical (unpaired) electrons. The van der Waals surface area contributed by atoms with Crippen molar-refractivity contribution >= 4 is 32.8 Å². The maximum atomic E-state index is 13.2. The molecule has 0 aliphatic rings. The number of hydrogen-bond donors (Lipinski definition) is 0. The molecule has 1 aromatic carbocycles. The van der Waals surface area contributed by atoms with Crippen LogP contribution < -0.4 is 0 Å².